The highest BCUT2D eigenvalue weighted by atomic mass is 16.6. The van der Waals surface area contributed by atoms with Gasteiger partial charge in [-0.1, -0.05) is 17.3 Å². The standard InChI is InChI=1S/C13H12N8O3/c1-7-10(21(20-16-7)12-11(14)18-24-19-12)13(23)17-15-6-8-3-2-4-9(22)5-8/h2-6,22H,1H3,(H2,14,18)(H,17,23)/b15-6+. The van der Waals surface area contributed by atoms with Crippen LogP contribution in [0.1, 0.15) is 21.7 Å². The Balaban J connectivity index is 1.81. The molecule has 0 saturated carbocycles. The molecule has 11 nitrogen and oxygen atoms in total. The topological polar surface area (TPSA) is 157 Å². The first-order valence-corrected chi connectivity index (χ1v) is 6.69. The molecule has 1 aromatic carbocycles. The number of phenolic OH excluding ortho intramolecular Hbond substituents is 1. The maximum absolute atomic E-state index is 12.3. The quantitative estimate of drug-likeness (QED) is 0.446. The van der Waals surface area contributed by atoms with Gasteiger partial charge in [-0.3, -0.25) is 4.79 Å². The Kier molecular flexibility index (Phi) is 3.89. The third kappa shape index (κ3) is 2.90. The molecule has 2 aromatic heterocycles. The lowest BCUT2D eigenvalue weighted by molar-refractivity contribution is 0.0946. The number of nitrogen functional groups attached to an aromatic ring is 1. The summed E-state index contributed by atoms with van der Waals surface area (Å²) < 4.78 is 5.61. The molecule has 24 heavy (non-hydrogen) atoms. The smallest absolute Gasteiger partial charge is 0.292 e. The van der Waals surface area contributed by atoms with Gasteiger partial charge in [0.15, 0.2) is 5.69 Å². The predicted octanol–water partition coefficient (Wildman–Crippen LogP) is 0.0104. The number of benzene rings is 1. The van der Waals surface area contributed by atoms with E-state index in [9.17, 15) is 9.90 Å². The number of carbonyl (C=O) groups excluding carboxylic acids is 1. The van der Waals surface area contributed by atoms with Crippen molar-refractivity contribution in [1.29, 1.82) is 0 Å². The normalized spacial score (nSPS) is 11.0. The second kappa shape index (κ2) is 6.16. The van der Waals surface area contributed by atoms with E-state index < -0.39 is 5.91 Å². The fraction of sp³-hybridized carbons (Fsp3) is 0.0769. The minimum Gasteiger partial charge on any atom is -0.508 e. The summed E-state index contributed by atoms with van der Waals surface area (Å²) in [5.74, 6) is -0.455. The lowest BCUT2D eigenvalue weighted by Gasteiger charge is -2.02. The summed E-state index contributed by atoms with van der Waals surface area (Å²) in [4.78, 5) is 12.3. The van der Waals surface area contributed by atoms with Gasteiger partial charge in [0.25, 0.3) is 5.91 Å². The average Bonchev–Trinajstić information content (AvgIpc) is 3.12. The van der Waals surface area contributed by atoms with Crippen molar-refractivity contribution in [2.75, 3.05) is 5.73 Å². The van der Waals surface area contributed by atoms with Crippen molar-refractivity contribution in [3.63, 3.8) is 0 Å². The predicted molar refractivity (Wildman–Crippen MR) is 81.5 cm³/mol. The summed E-state index contributed by atoms with van der Waals surface area (Å²) in [5, 5.41) is 27.8. The van der Waals surface area contributed by atoms with E-state index in [2.05, 4.69) is 35.8 Å². The molecular weight excluding hydrogens is 316 g/mol. The number of nitrogens with two attached hydrogens (primary N) is 1. The van der Waals surface area contributed by atoms with Crippen molar-refractivity contribution in [3.8, 4) is 11.6 Å². The van der Waals surface area contributed by atoms with Gasteiger partial charge in [0, 0.05) is 0 Å². The summed E-state index contributed by atoms with van der Waals surface area (Å²) >= 11 is 0. The molecule has 11 heteroatoms. The number of aryl methyl sites for hydroxylation is 1. The molecule has 122 valence electrons. The first kappa shape index (κ1) is 15.1. The number of aromatic nitrogens is 5. The van der Waals surface area contributed by atoms with E-state index in [1.807, 2.05) is 0 Å². The molecule has 2 heterocycles. The fourth-order valence-electron chi connectivity index (χ4n) is 1.93. The number of amides is 1. The molecule has 3 rings (SSSR count). The minimum atomic E-state index is -0.573. The minimum absolute atomic E-state index is 0.0304. The molecule has 0 aliphatic heterocycles. The number of nitrogens with zero attached hydrogens (tertiary/aromatic N) is 6. The second-order valence-electron chi connectivity index (χ2n) is 4.70. The van der Waals surface area contributed by atoms with Crippen LogP contribution in [0.2, 0.25) is 0 Å². The van der Waals surface area contributed by atoms with E-state index in [0.29, 0.717) is 11.3 Å². The van der Waals surface area contributed by atoms with Gasteiger partial charge in [0.05, 0.1) is 11.9 Å². The van der Waals surface area contributed by atoms with E-state index >= 15 is 0 Å². The monoisotopic (exact) mass is 328 g/mol. The molecule has 0 aliphatic rings. The van der Waals surface area contributed by atoms with E-state index in [0.717, 1.165) is 4.68 Å². The Morgan fingerprint density at radius 1 is 1.46 bits per heavy atom. The molecule has 0 radical (unpaired) electrons. The van der Waals surface area contributed by atoms with Crippen LogP contribution in [0.25, 0.3) is 5.82 Å². The number of anilines is 1. The summed E-state index contributed by atoms with van der Waals surface area (Å²) in [5.41, 5.74) is 9.00. The van der Waals surface area contributed by atoms with Gasteiger partial charge in [0.1, 0.15) is 5.75 Å². The first-order valence-electron chi connectivity index (χ1n) is 6.69. The van der Waals surface area contributed by atoms with Gasteiger partial charge >= 0.3 is 0 Å². The molecule has 0 saturated heterocycles. The zero-order chi connectivity index (χ0) is 17.1. The van der Waals surface area contributed by atoms with Crippen LogP contribution in [0.5, 0.6) is 5.75 Å². The van der Waals surface area contributed by atoms with Gasteiger partial charge < -0.3 is 10.8 Å². The van der Waals surface area contributed by atoms with E-state index in [-0.39, 0.29) is 23.1 Å². The number of aromatic hydroxyl groups is 1. The number of hydrazone groups is 1. The van der Waals surface area contributed by atoms with E-state index in [1.54, 1.807) is 19.1 Å². The van der Waals surface area contributed by atoms with Crippen molar-refractivity contribution in [2.45, 2.75) is 6.92 Å². The SMILES string of the molecule is Cc1nnn(-c2nonc2N)c1C(=O)N/N=C/c1cccc(O)c1. The molecule has 0 bridgehead atoms. The highest BCUT2D eigenvalue weighted by Crippen LogP contribution is 2.15. The van der Waals surface area contributed by atoms with E-state index in [4.69, 9.17) is 5.73 Å². The number of rotatable bonds is 4. The van der Waals surface area contributed by atoms with Crippen LogP contribution < -0.4 is 11.2 Å². The highest BCUT2D eigenvalue weighted by molar-refractivity contribution is 5.94. The number of carbonyl (C=O) groups is 1. The molecule has 3 aromatic rings. The first-order chi connectivity index (χ1) is 11.6. The number of hydrogen-bond donors (Lipinski definition) is 3. The Morgan fingerprint density at radius 3 is 3.00 bits per heavy atom. The Morgan fingerprint density at radius 2 is 2.29 bits per heavy atom. The van der Waals surface area contributed by atoms with Gasteiger partial charge in [-0.25, -0.2) is 10.1 Å². The number of hydrogen-bond acceptors (Lipinski definition) is 9. The van der Waals surface area contributed by atoms with Crippen molar-refractivity contribution < 1.29 is 14.5 Å². The van der Waals surface area contributed by atoms with Crippen LogP contribution in [0.3, 0.4) is 0 Å². The zero-order valence-electron chi connectivity index (χ0n) is 12.4. The van der Waals surface area contributed by atoms with Crippen LogP contribution in [-0.2, 0) is 0 Å². The summed E-state index contributed by atoms with van der Waals surface area (Å²) in [6.45, 7) is 1.60. The van der Waals surface area contributed by atoms with E-state index in [1.165, 1.54) is 18.3 Å². The summed E-state index contributed by atoms with van der Waals surface area (Å²) in [7, 11) is 0. The largest absolute Gasteiger partial charge is 0.508 e. The maximum Gasteiger partial charge on any atom is 0.292 e. The average molecular weight is 328 g/mol. The molecule has 4 N–H and O–H groups in total. The highest BCUT2D eigenvalue weighted by Gasteiger charge is 2.22. The molecule has 0 atom stereocenters. The molecule has 0 aliphatic carbocycles. The molecular formula is C13H12N8O3. The van der Waals surface area contributed by atoms with Gasteiger partial charge in [0.2, 0.25) is 11.6 Å². The van der Waals surface area contributed by atoms with Crippen molar-refractivity contribution in [3.05, 3.63) is 41.2 Å². The number of nitrogens with one attached hydrogen (secondary N) is 1. The van der Waals surface area contributed by atoms with Gasteiger partial charge in [-0.15, -0.1) is 5.10 Å². The van der Waals surface area contributed by atoms with Crippen LogP contribution in [0.4, 0.5) is 5.82 Å². The lowest BCUT2D eigenvalue weighted by Crippen LogP contribution is -2.22. The van der Waals surface area contributed by atoms with Crippen LogP contribution in [0, 0.1) is 6.92 Å². The zero-order valence-corrected chi connectivity index (χ0v) is 12.4. The number of phenols is 1. The van der Waals surface area contributed by atoms with Gasteiger partial charge in [-0.05, 0) is 34.9 Å². The van der Waals surface area contributed by atoms with Crippen molar-refractivity contribution >= 4 is 17.9 Å². The van der Waals surface area contributed by atoms with Crippen molar-refractivity contribution in [2.24, 2.45) is 5.10 Å². The van der Waals surface area contributed by atoms with Crippen LogP contribution >= 0.6 is 0 Å². The third-order valence-corrected chi connectivity index (χ3v) is 3.00. The van der Waals surface area contributed by atoms with Crippen molar-refractivity contribution in [1.82, 2.24) is 30.7 Å². The maximum atomic E-state index is 12.3. The Labute approximate surface area is 134 Å². The fourth-order valence-corrected chi connectivity index (χ4v) is 1.93. The van der Waals surface area contributed by atoms with Gasteiger partial charge in [-0.2, -0.15) is 9.78 Å². The van der Waals surface area contributed by atoms with Crippen LogP contribution in [0.15, 0.2) is 34.0 Å². The molecule has 1 amide bonds. The second-order valence-corrected chi connectivity index (χ2v) is 4.70. The van der Waals surface area contributed by atoms with Crippen LogP contribution in [-0.4, -0.2) is 42.5 Å². The lowest BCUT2D eigenvalue weighted by atomic mass is 10.2. The third-order valence-electron chi connectivity index (χ3n) is 3.00. The molecule has 0 fully saturated rings. The molecule has 0 unspecified atom stereocenters. The molecule has 0 spiro atoms. The summed E-state index contributed by atoms with van der Waals surface area (Å²) in [6.07, 6.45) is 1.38. The summed E-state index contributed by atoms with van der Waals surface area (Å²) in [6, 6.07) is 6.39. The Hall–Kier alpha value is -3.76. The Bertz CT molecular complexity index is 914.